The van der Waals surface area contributed by atoms with Crippen LogP contribution in [0.2, 0.25) is 10.0 Å². The number of aromatic hydroxyl groups is 1. The molecule has 0 spiro atoms. The molecule has 0 unspecified atom stereocenters. The third-order valence-electron chi connectivity index (χ3n) is 4.08. The summed E-state index contributed by atoms with van der Waals surface area (Å²) in [5.74, 6) is -0.792. The topological polar surface area (TPSA) is 79.5 Å². The van der Waals surface area contributed by atoms with Crippen LogP contribution in [0.15, 0.2) is 58.4 Å². The summed E-state index contributed by atoms with van der Waals surface area (Å²) < 4.78 is 1.66. The van der Waals surface area contributed by atoms with Gasteiger partial charge in [0, 0.05) is 34.3 Å². The first kappa shape index (κ1) is 20.3. The molecule has 0 aliphatic rings. The van der Waals surface area contributed by atoms with Gasteiger partial charge in [0.2, 0.25) is 0 Å². The Morgan fingerprint density at radius 3 is 2.50 bits per heavy atom. The molecule has 144 valence electrons. The van der Waals surface area contributed by atoms with Crippen LogP contribution >= 0.6 is 35.0 Å². The van der Waals surface area contributed by atoms with Gasteiger partial charge in [0.1, 0.15) is 11.3 Å². The molecule has 5 nitrogen and oxygen atoms in total. The Balaban J connectivity index is 2.06. The zero-order valence-corrected chi connectivity index (χ0v) is 17.0. The third-order valence-corrected chi connectivity index (χ3v) is 5.85. The van der Waals surface area contributed by atoms with Gasteiger partial charge in [-0.05, 0) is 48.9 Å². The van der Waals surface area contributed by atoms with E-state index in [1.54, 1.807) is 35.8 Å². The molecule has 0 radical (unpaired) electrons. The first-order chi connectivity index (χ1) is 13.3. The standard InChI is InChI=1S/C20H15Cl2NO4S/c1-11-6-13(24)2-5-18(11)23-9-15(20(26)27)19(25)7-12(23)10-28-14-3-4-16(21)17(22)8-14/h2-9,24H,10H2,1H3,(H,26,27). The highest BCUT2D eigenvalue weighted by Gasteiger charge is 2.15. The summed E-state index contributed by atoms with van der Waals surface area (Å²) in [6, 6.07) is 11.3. The number of nitrogens with zero attached hydrogens (tertiary/aromatic N) is 1. The monoisotopic (exact) mass is 435 g/mol. The molecule has 8 heteroatoms. The zero-order valence-electron chi connectivity index (χ0n) is 14.6. The Bertz CT molecular complexity index is 1130. The number of carboxylic acids is 1. The minimum atomic E-state index is -1.29. The largest absolute Gasteiger partial charge is 0.508 e. The zero-order chi connectivity index (χ0) is 20.4. The number of phenols is 1. The van der Waals surface area contributed by atoms with E-state index in [2.05, 4.69) is 0 Å². The number of aromatic carboxylic acids is 1. The number of halogens is 2. The molecule has 0 atom stereocenters. The van der Waals surface area contributed by atoms with Crippen LogP contribution in [0.5, 0.6) is 5.75 Å². The second-order valence-corrected chi connectivity index (χ2v) is 7.92. The van der Waals surface area contributed by atoms with Crippen molar-refractivity contribution < 1.29 is 15.0 Å². The number of phenolic OH excluding ortho intramolecular Hbond substituents is 1. The fourth-order valence-corrected chi connectivity index (χ4v) is 3.97. The van der Waals surface area contributed by atoms with Crippen molar-refractivity contribution in [3.63, 3.8) is 0 Å². The van der Waals surface area contributed by atoms with E-state index in [-0.39, 0.29) is 11.3 Å². The van der Waals surface area contributed by atoms with Crippen molar-refractivity contribution >= 4 is 40.9 Å². The van der Waals surface area contributed by atoms with E-state index >= 15 is 0 Å². The fourth-order valence-electron chi connectivity index (χ4n) is 2.70. The van der Waals surface area contributed by atoms with Crippen LogP contribution in [0.1, 0.15) is 21.6 Å². The summed E-state index contributed by atoms with van der Waals surface area (Å²) in [5, 5.41) is 19.9. The number of aryl methyl sites for hydroxylation is 1. The Kier molecular flexibility index (Phi) is 6.03. The average Bonchev–Trinajstić information content (AvgIpc) is 2.63. The lowest BCUT2D eigenvalue weighted by molar-refractivity contribution is 0.0694. The second kappa shape index (κ2) is 8.31. The molecule has 0 saturated carbocycles. The molecule has 0 saturated heterocycles. The van der Waals surface area contributed by atoms with Crippen molar-refractivity contribution in [3.8, 4) is 11.4 Å². The molecule has 2 aromatic carbocycles. The van der Waals surface area contributed by atoms with Gasteiger partial charge in [-0.2, -0.15) is 0 Å². The van der Waals surface area contributed by atoms with Gasteiger partial charge in [-0.15, -0.1) is 11.8 Å². The van der Waals surface area contributed by atoms with E-state index in [1.165, 1.54) is 30.1 Å². The summed E-state index contributed by atoms with van der Waals surface area (Å²) in [4.78, 5) is 24.5. The summed E-state index contributed by atoms with van der Waals surface area (Å²) in [7, 11) is 0. The lowest BCUT2D eigenvalue weighted by atomic mass is 10.1. The molecule has 0 amide bonds. The van der Waals surface area contributed by atoms with Gasteiger partial charge in [-0.25, -0.2) is 4.79 Å². The molecule has 1 aromatic heterocycles. The van der Waals surface area contributed by atoms with E-state index < -0.39 is 11.4 Å². The molecule has 3 rings (SSSR count). The third kappa shape index (κ3) is 4.35. The molecule has 3 aromatic rings. The van der Waals surface area contributed by atoms with E-state index in [9.17, 15) is 19.8 Å². The van der Waals surface area contributed by atoms with E-state index in [0.717, 1.165) is 10.5 Å². The average molecular weight is 436 g/mol. The number of rotatable bonds is 5. The lowest BCUT2D eigenvalue weighted by Gasteiger charge is -2.17. The van der Waals surface area contributed by atoms with Crippen molar-refractivity contribution in [1.82, 2.24) is 4.57 Å². The van der Waals surface area contributed by atoms with E-state index in [1.807, 2.05) is 6.07 Å². The normalized spacial score (nSPS) is 10.8. The van der Waals surface area contributed by atoms with Crippen LogP contribution in [0.25, 0.3) is 5.69 Å². The Hall–Kier alpha value is -2.41. The Labute approximate surface area is 175 Å². The van der Waals surface area contributed by atoms with E-state index in [4.69, 9.17) is 23.2 Å². The van der Waals surface area contributed by atoms with Crippen LogP contribution in [0.4, 0.5) is 0 Å². The van der Waals surface area contributed by atoms with Crippen LogP contribution in [0.3, 0.4) is 0 Å². The van der Waals surface area contributed by atoms with Gasteiger partial charge in [-0.1, -0.05) is 23.2 Å². The number of benzene rings is 2. The van der Waals surface area contributed by atoms with Gasteiger partial charge in [0.15, 0.2) is 5.43 Å². The molecule has 0 bridgehead atoms. The Morgan fingerprint density at radius 1 is 1.11 bits per heavy atom. The number of hydrogen-bond acceptors (Lipinski definition) is 4. The maximum absolute atomic E-state index is 12.2. The number of aromatic nitrogens is 1. The maximum atomic E-state index is 12.2. The maximum Gasteiger partial charge on any atom is 0.341 e. The molecule has 0 aliphatic carbocycles. The van der Waals surface area contributed by atoms with Crippen molar-refractivity contribution in [2.24, 2.45) is 0 Å². The van der Waals surface area contributed by atoms with Crippen LogP contribution < -0.4 is 5.43 Å². The molecule has 2 N–H and O–H groups in total. The second-order valence-electron chi connectivity index (χ2n) is 6.05. The van der Waals surface area contributed by atoms with Crippen LogP contribution in [-0.4, -0.2) is 20.7 Å². The summed E-state index contributed by atoms with van der Waals surface area (Å²) in [6.07, 6.45) is 1.31. The minimum Gasteiger partial charge on any atom is -0.508 e. The highest BCUT2D eigenvalue weighted by Crippen LogP contribution is 2.30. The summed E-state index contributed by atoms with van der Waals surface area (Å²) in [5.41, 5.74) is 1.13. The SMILES string of the molecule is Cc1cc(O)ccc1-n1cc(C(=O)O)c(=O)cc1CSc1ccc(Cl)c(Cl)c1. The highest BCUT2D eigenvalue weighted by molar-refractivity contribution is 7.98. The lowest BCUT2D eigenvalue weighted by Crippen LogP contribution is -2.19. The van der Waals surface area contributed by atoms with Crippen LogP contribution in [-0.2, 0) is 5.75 Å². The van der Waals surface area contributed by atoms with Gasteiger partial charge in [0.05, 0.1) is 10.0 Å². The number of carbonyl (C=O) groups is 1. The van der Waals surface area contributed by atoms with Gasteiger partial charge < -0.3 is 14.8 Å². The molecule has 28 heavy (non-hydrogen) atoms. The molecular weight excluding hydrogens is 421 g/mol. The summed E-state index contributed by atoms with van der Waals surface area (Å²) in [6.45, 7) is 1.80. The Morgan fingerprint density at radius 2 is 1.86 bits per heavy atom. The first-order valence-corrected chi connectivity index (χ1v) is 9.87. The predicted octanol–water partition coefficient (Wildman–Crippen LogP) is 5.15. The van der Waals surface area contributed by atoms with E-state index in [0.29, 0.717) is 27.2 Å². The van der Waals surface area contributed by atoms with Crippen molar-refractivity contribution in [3.05, 3.63) is 85.8 Å². The number of hydrogen-bond donors (Lipinski definition) is 2. The van der Waals surface area contributed by atoms with Crippen LogP contribution in [0, 0.1) is 6.92 Å². The van der Waals surface area contributed by atoms with Gasteiger partial charge >= 0.3 is 5.97 Å². The predicted molar refractivity (Wildman–Crippen MR) is 111 cm³/mol. The molecule has 1 heterocycles. The molecule has 0 fully saturated rings. The van der Waals surface area contributed by atoms with Crippen molar-refractivity contribution in [1.29, 1.82) is 0 Å². The highest BCUT2D eigenvalue weighted by atomic mass is 35.5. The number of thioether (sulfide) groups is 1. The summed E-state index contributed by atoms with van der Waals surface area (Å²) >= 11 is 13.4. The quantitative estimate of drug-likeness (QED) is 0.541. The van der Waals surface area contributed by atoms with Gasteiger partial charge in [0.25, 0.3) is 0 Å². The molecular formula is C20H15Cl2NO4S. The number of carboxylic acid groups (broad SMARTS) is 1. The van der Waals surface area contributed by atoms with Crippen molar-refractivity contribution in [2.45, 2.75) is 17.6 Å². The molecule has 0 aliphatic heterocycles. The first-order valence-electron chi connectivity index (χ1n) is 8.13. The van der Waals surface area contributed by atoms with Crippen molar-refractivity contribution in [2.75, 3.05) is 0 Å². The smallest absolute Gasteiger partial charge is 0.341 e. The fraction of sp³-hybridized carbons (Fsp3) is 0.100. The van der Waals surface area contributed by atoms with Gasteiger partial charge in [-0.3, -0.25) is 4.79 Å². The number of pyridine rings is 1. The minimum absolute atomic E-state index is 0.104.